The van der Waals surface area contributed by atoms with Crippen LogP contribution in [0.5, 0.6) is 11.5 Å². The van der Waals surface area contributed by atoms with Gasteiger partial charge in [0, 0.05) is 18.5 Å². The molecule has 166 valence electrons. The van der Waals surface area contributed by atoms with E-state index in [4.69, 9.17) is 9.47 Å². The van der Waals surface area contributed by atoms with Crippen molar-refractivity contribution in [2.75, 3.05) is 13.2 Å². The third kappa shape index (κ3) is 6.48. The Labute approximate surface area is 184 Å². The zero-order chi connectivity index (χ0) is 22.4. The van der Waals surface area contributed by atoms with E-state index >= 15 is 0 Å². The molecule has 2 aromatic rings. The van der Waals surface area contributed by atoms with Gasteiger partial charge in [-0.25, -0.2) is 0 Å². The lowest BCUT2D eigenvalue weighted by Crippen LogP contribution is -2.52. The quantitative estimate of drug-likeness (QED) is 0.736. The molecular formula is C25H32N2O4. The number of hydrogen-bond donors (Lipinski definition) is 1. The Balaban J connectivity index is 1.71. The number of aryl methyl sites for hydroxylation is 1. The zero-order valence-electron chi connectivity index (χ0n) is 18.8. The molecule has 31 heavy (non-hydrogen) atoms. The lowest BCUT2D eigenvalue weighted by molar-refractivity contribution is -0.141. The second-order valence-electron chi connectivity index (χ2n) is 8.90. The number of nitrogens with one attached hydrogen (secondary N) is 1. The number of hydrogen-bond acceptors (Lipinski definition) is 4. The molecule has 0 radical (unpaired) electrons. The highest BCUT2D eigenvalue weighted by atomic mass is 16.6. The number of carbonyl (C=O) groups is 2. The van der Waals surface area contributed by atoms with E-state index in [1.807, 2.05) is 69.3 Å². The number of benzene rings is 2. The van der Waals surface area contributed by atoms with E-state index in [9.17, 15) is 9.59 Å². The van der Waals surface area contributed by atoms with Gasteiger partial charge in [0.15, 0.2) is 11.5 Å². The van der Waals surface area contributed by atoms with Crippen LogP contribution < -0.4 is 14.8 Å². The lowest BCUT2D eigenvalue weighted by Gasteiger charge is -2.31. The van der Waals surface area contributed by atoms with Crippen LogP contribution in [0, 0.1) is 0 Å². The van der Waals surface area contributed by atoms with Gasteiger partial charge in [0.05, 0.1) is 0 Å². The van der Waals surface area contributed by atoms with E-state index in [2.05, 4.69) is 5.32 Å². The highest BCUT2D eigenvalue weighted by Crippen LogP contribution is 2.31. The van der Waals surface area contributed by atoms with E-state index in [1.54, 1.807) is 11.8 Å². The molecule has 1 aliphatic rings. The fourth-order valence-corrected chi connectivity index (χ4v) is 3.47. The normalized spacial score (nSPS) is 13.9. The van der Waals surface area contributed by atoms with Gasteiger partial charge in [-0.1, -0.05) is 36.4 Å². The van der Waals surface area contributed by atoms with Crippen molar-refractivity contribution in [3.63, 3.8) is 0 Å². The summed E-state index contributed by atoms with van der Waals surface area (Å²) in [5, 5.41) is 2.98. The molecule has 6 heteroatoms. The molecule has 0 aromatic heterocycles. The summed E-state index contributed by atoms with van der Waals surface area (Å²) in [6.45, 7) is 9.05. The molecule has 0 aliphatic carbocycles. The number of ether oxygens (including phenoxy) is 2. The molecule has 0 saturated carbocycles. The fourth-order valence-electron chi connectivity index (χ4n) is 3.47. The minimum Gasteiger partial charge on any atom is -0.486 e. The Morgan fingerprint density at radius 1 is 1.00 bits per heavy atom. The van der Waals surface area contributed by atoms with Gasteiger partial charge in [-0.2, -0.15) is 0 Å². The van der Waals surface area contributed by atoms with Crippen LogP contribution >= 0.6 is 0 Å². The molecule has 1 atom stereocenters. The number of amides is 2. The van der Waals surface area contributed by atoms with Gasteiger partial charge in [0.2, 0.25) is 11.8 Å². The molecule has 0 unspecified atom stereocenters. The summed E-state index contributed by atoms with van der Waals surface area (Å²) >= 11 is 0. The van der Waals surface area contributed by atoms with Crippen molar-refractivity contribution >= 4 is 11.8 Å². The molecule has 1 heterocycles. The standard InChI is InChI=1S/C25H32N2O4/c1-18(24(29)26-25(2,3)4)27(17-20-8-6-5-7-9-20)23(28)13-11-19-10-12-21-22(16-19)31-15-14-30-21/h5-10,12,16,18H,11,13-15,17H2,1-4H3,(H,26,29)/t18-/m0/s1. The van der Waals surface area contributed by atoms with Crippen LogP contribution in [-0.2, 0) is 22.6 Å². The highest BCUT2D eigenvalue weighted by Gasteiger charge is 2.28. The molecule has 1 N–H and O–H groups in total. The monoisotopic (exact) mass is 424 g/mol. The number of nitrogens with zero attached hydrogens (tertiary/aromatic N) is 1. The first kappa shape index (κ1) is 22.7. The number of fused-ring (bicyclic) bond motifs is 1. The molecule has 6 nitrogen and oxygen atoms in total. The molecule has 2 amide bonds. The van der Waals surface area contributed by atoms with Crippen LogP contribution in [0.15, 0.2) is 48.5 Å². The maximum atomic E-state index is 13.2. The first-order valence-electron chi connectivity index (χ1n) is 10.8. The minimum atomic E-state index is -0.577. The second kappa shape index (κ2) is 9.86. The van der Waals surface area contributed by atoms with E-state index in [-0.39, 0.29) is 17.4 Å². The summed E-state index contributed by atoms with van der Waals surface area (Å²) in [5.74, 6) is 1.24. The summed E-state index contributed by atoms with van der Waals surface area (Å²) in [5.41, 5.74) is 1.63. The third-order valence-corrected chi connectivity index (χ3v) is 5.10. The maximum absolute atomic E-state index is 13.2. The van der Waals surface area contributed by atoms with E-state index in [1.165, 1.54) is 0 Å². The average Bonchev–Trinajstić information content (AvgIpc) is 2.74. The Kier molecular flexibility index (Phi) is 7.21. The second-order valence-corrected chi connectivity index (χ2v) is 8.90. The predicted octanol–water partition coefficient (Wildman–Crippen LogP) is 3.72. The number of carbonyl (C=O) groups excluding carboxylic acids is 2. The molecule has 2 aromatic carbocycles. The molecule has 3 rings (SSSR count). The van der Waals surface area contributed by atoms with Crippen LogP contribution in [-0.4, -0.2) is 41.5 Å². The van der Waals surface area contributed by atoms with Crippen molar-refractivity contribution in [2.24, 2.45) is 0 Å². The van der Waals surface area contributed by atoms with Gasteiger partial charge in [-0.15, -0.1) is 0 Å². The van der Waals surface area contributed by atoms with Gasteiger partial charge >= 0.3 is 0 Å². The smallest absolute Gasteiger partial charge is 0.242 e. The number of rotatable bonds is 7. The van der Waals surface area contributed by atoms with Crippen molar-refractivity contribution in [3.8, 4) is 11.5 Å². The Bertz CT molecular complexity index is 905. The van der Waals surface area contributed by atoms with Crippen LogP contribution in [0.3, 0.4) is 0 Å². The summed E-state index contributed by atoms with van der Waals surface area (Å²) in [6, 6.07) is 14.9. The van der Waals surface area contributed by atoms with Crippen LogP contribution in [0.25, 0.3) is 0 Å². The molecule has 0 bridgehead atoms. The SMILES string of the molecule is C[C@@H](C(=O)NC(C)(C)C)N(Cc1ccccc1)C(=O)CCc1ccc2c(c1)OCCO2. The largest absolute Gasteiger partial charge is 0.486 e. The first-order chi connectivity index (χ1) is 14.7. The Hall–Kier alpha value is -3.02. The van der Waals surface area contributed by atoms with E-state index < -0.39 is 6.04 Å². The van der Waals surface area contributed by atoms with Crippen molar-refractivity contribution < 1.29 is 19.1 Å². The summed E-state index contributed by atoms with van der Waals surface area (Å²) in [6.07, 6.45) is 0.869. The van der Waals surface area contributed by atoms with Crippen molar-refractivity contribution in [1.29, 1.82) is 0 Å². The Morgan fingerprint density at radius 3 is 2.35 bits per heavy atom. The first-order valence-corrected chi connectivity index (χ1v) is 10.8. The lowest BCUT2D eigenvalue weighted by atomic mass is 10.1. The molecular weight excluding hydrogens is 392 g/mol. The third-order valence-electron chi connectivity index (χ3n) is 5.10. The summed E-state index contributed by atoms with van der Waals surface area (Å²) < 4.78 is 11.2. The van der Waals surface area contributed by atoms with Crippen LogP contribution in [0.2, 0.25) is 0 Å². The van der Waals surface area contributed by atoms with E-state index in [0.717, 1.165) is 22.6 Å². The van der Waals surface area contributed by atoms with Gasteiger partial charge < -0.3 is 19.7 Å². The Morgan fingerprint density at radius 2 is 1.68 bits per heavy atom. The van der Waals surface area contributed by atoms with Crippen LogP contribution in [0.1, 0.15) is 45.2 Å². The van der Waals surface area contributed by atoms with Crippen LogP contribution in [0.4, 0.5) is 0 Å². The van der Waals surface area contributed by atoms with E-state index in [0.29, 0.717) is 32.6 Å². The maximum Gasteiger partial charge on any atom is 0.242 e. The zero-order valence-corrected chi connectivity index (χ0v) is 18.8. The van der Waals surface area contributed by atoms with Gasteiger partial charge in [-0.05, 0) is 57.4 Å². The van der Waals surface area contributed by atoms with Gasteiger partial charge in [-0.3, -0.25) is 9.59 Å². The minimum absolute atomic E-state index is 0.0599. The van der Waals surface area contributed by atoms with Crippen molar-refractivity contribution in [1.82, 2.24) is 10.2 Å². The molecule has 1 aliphatic heterocycles. The average molecular weight is 425 g/mol. The van der Waals surface area contributed by atoms with Crippen molar-refractivity contribution in [3.05, 3.63) is 59.7 Å². The fraction of sp³-hybridized carbons (Fsp3) is 0.440. The predicted molar refractivity (Wildman–Crippen MR) is 120 cm³/mol. The summed E-state index contributed by atoms with van der Waals surface area (Å²) in [4.78, 5) is 27.7. The molecule has 0 spiro atoms. The van der Waals surface area contributed by atoms with Gasteiger partial charge in [0.25, 0.3) is 0 Å². The molecule has 0 fully saturated rings. The topological polar surface area (TPSA) is 67.9 Å². The van der Waals surface area contributed by atoms with Crippen molar-refractivity contribution in [2.45, 2.75) is 58.7 Å². The highest BCUT2D eigenvalue weighted by molar-refractivity contribution is 5.87. The van der Waals surface area contributed by atoms with Gasteiger partial charge in [0.1, 0.15) is 19.3 Å². The summed E-state index contributed by atoms with van der Waals surface area (Å²) in [7, 11) is 0. The molecule has 0 saturated heterocycles.